The van der Waals surface area contributed by atoms with Gasteiger partial charge in [0, 0.05) is 24.2 Å². The number of carbonyl (C=O) groups is 4. The van der Waals surface area contributed by atoms with Crippen molar-refractivity contribution in [1.29, 1.82) is 0 Å². The fourth-order valence-corrected chi connectivity index (χ4v) is 5.00. The smallest absolute Gasteiger partial charge is 0.491 e. The van der Waals surface area contributed by atoms with Crippen LogP contribution in [0.15, 0.2) is 48.8 Å². The number of Topliss-reactive ketones (excluding diaryl/α,β-unsaturated/α-hetero) is 1. The summed E-state index contributed by atoms with van der Waals surface area (Å²) in [4.78, 5) is 53.8. The first kappa shape index (κ1) is 30.5. The molecular formula is C27H24F3N3O8S. The minimum atomic E-state index is -5.49. The number of fused-ring (bicyclic) bond motifs is 1. The molecule has 0 aliphatic carbocycles. The molecule has 1 aromatic carbocycles. The van der Waals surface area contributed by atoms with Gasteiger partial charge in [0.2, 0.25) is 0 Å². The number of halogens is 3. The quantitative estimate of drug-likeness (QED) is 0.232. The Morgan fingerprint density at radius 1 is 1.17 bits per heavy atom. The standard InChI is InChI=1S/C27H24F3N3O8S/c1-14(34)23(25(37)41-26(38)27(28,29)30)40-19-9-15(4-5-18(19)35)20(39-17-3-2-7-31-12-17)13-33-24(36)22-10-16-11-32-8-6-21(16)42-22/h2-5,7,9-10,12,20,23,32,35H,6,8,11,13H2,1H3,(H,33,36). The maximum atomic E-state index is 13.0. The van der Waals surface area contributed by atoms with Crippen LogP contribution in [0.1, 0.15) is 38.7 Å². The molecule has 11 nitrogen and oxygen atoms in total. The van der Waals surface area contributed by atoms with Gasteiger partial charge in [-0.1, -0.05) is 6.07 Å². The van der Waals surface area contributed by atoms with Crippen molar-refractivity contribution in [2.45, 2.75) is 38.3 Å². The number of ether oxygens (including phenoxy) is 3. The third-order valence-electron chi connectivity index (χ3n) is 5.93. The molecule has 3 N–H and O–H groups in total. The van der Waals surface area contributed by atoms with Gasteiger partial charge in [-0.25, -0.2) is 9.59 Å². The Kier molecular flexibility index (Phi) is 9.42. The maximum Gasteiger partial charge on any atom is 0.491 e. The van der Waals surface area contributed by atoms with Gasteiger partial charge in [-0.05, 0) is 54.8 Å². The van der Waals surface area contributed by atoms with Crippen LogP contribution in [0, 0.1) is 0 Å². The van der Waals surface area contributed by atoms with Crippen molar-refractivity contribution in [3.63, 3.8) is 0 Å². The molecule has 2 aromatic heterocycles. The highest BCUT2D eigenvalue weighted by molar-refractivity contribution is 7.14. The summed E-state index contributed by atoms with van der Waals surface area (Å²) in [6.07, 6.45) is -4.95. The molecule has 0 saturated heterocycles. The number of phenols is 1. The topological polar surface area (TPSA) is 153 Å². The van der Waals surface area contributed by atoms with Crippen molar-refractivity contribution < 1.29 is 51.7 Å². The van der Waals surface area contributed by atoms with E-state index in [-0.39, 0.29) is 18.0 Å². The number of ketones is 1. The van der Waals surface area contributed by atoms with Crippen LogP contribution in [-0.4, -0.2) is 59.1 Å². The highest BCUT2D eigenvalue weighted by atomic mass is 32.1. The molecule has 0 radical (unpaired) electrons. The lowest BCUT2D eigenvalue weighted by molar-refractivity contribution is -0.203. The number of thiophene rings is 1. The van der Waals surface area contributed by atoms with E-state index in [0.717, 1.165) is 36.4 Å². The molecule has 3 heterocycles. The monoisotopic (exact) mass is 607 g/mol. The predicted octanol–water partition coefficient (Wildman–Crippen LogP) is 3.01. The number of pyridine rings is 1. The third-order valence-corrected chi connectivity index (χ3v) is 7.17. The van der Waals surface area contributed by atoms with Gasteiger partial charge in [-0.15, -0.1) is 11.3 Å². The minimum Gasteiger partial charge on any atom is -0.504 e. The molecule has 3 aromatic rings. The number of benzene rings is 1. The first-order valence-corrected chi connectivity index (χ1v) is 13.2. The fourth-order valence-electron chi connectivity index (χ4n) is 3.90. The van der Waals surface area contributed by atoms with Crippen LogP contribution in [0.3, 0.4) is 0 Å². The van der Waals surface area contributed by atoms with Crippen molar-refractivity contribution in [1.82, 2.24) is 15.6 Å². The van der Waals surface area contributed by atoms with E-state index in [1.165, 1.54) is 35.9 Å². The fraction of sp³-hybridized carbons (Fsp3) is 0.296. The summed E-state index contributed by atoms with van der Waals surface area (Å²) in [5.41, 5.74) is 1.33. The van der Waals surface area contributed by atoms with Gasteiger partial charge in [0.25, 0.3) is 12.0 Å². The number of aromatic hydroxyl groups is 1. The Balaban J connectivity index is 1.55. The van der Waals surface area contributed by atoms with Crippen LogP contribution in [0.5, 0.6) is 17.2 Å². The van der Waals surface area contributed by atoms with Crippen molar-refractivity contribution in [3.8, 4) is 17.2 Å². The molecule has 15 heteroatoms. The van der Waals surface area contributed by atoms with E-state index in [1.54, 1.807) is 12.1 Å². The van der Waals surface area contributed by atoms with Gasteiger partial charge in [0.1, 0.15) is 11.9 Å². The normalized spacial score (nSPS) is 14.2. The molecule has 2 atom stereocenters. The Labute approximate surface area is 240 Å². The predicted molar refractivity (Wildman–Crippen MR) is 140 cm³/mol. The van der Waals surface area contributed by atoms with Crippen molar-refractivity contribution in [3.05, 3.63) is 69.7 Å². The molecule has 4 rings (SSSR count). The molecule has 1 aliphatic rings. The Bertz CT molecular complexity index is 1460. The minimum absolute atomic E-state index is 0.0863. The van der Waals surface area contributed by atoms with Gasteiger partial charge in [0.05, 0.1) is 17.6 Å². The van der Waals surface area contributed by atoms with E-state index in [2.05, 4.69) is 20.4 Å². The maximum absolute atomic E-state index is 13.0. The van der Waals surface area contributed by atoms with Gasteiger partial charge in [-0.2, -0.15) is 13.2 Å². The number of alkyl halides is 3. The highest BCUT2D eigenvalue weighted by Gasteiger charge is 2.44. The Morgan fingerprint density at radius 2 is 1.95 bits per heavy atom. The molecule has 222 valence electrons. The van der Waals surface area contributed by atoms with Crippen molar-refractivity contribution >= 4 is 35.0 Å². The summed E-state index contributed by atoms with van der Waals surface area (Å²) >= 11 is 1.39. The molecule has 1 aliphatic heterocycles. The molecule has 42 heavy (non-hydrogen) atoms. The lowest BCUT2D eigenvalue weighted by atomic mass is 10.1. The molecule has 0 bridgehead atoms. The summed E-state index contributed by atoms with van der Waals surface area (Å²) in [6, 6.07) is 8.77. The first-order valence-electron chi connectivity index (χ1n) is 12.4. The first-order chi connectivity index (χ1) is 19.9. The molecule has 1 amide bonds. The number of aromatic nitrogens is 1. The second kappa shape index (κ2) is 13.0. The zero-order valence-electron chi connectivity index (χ0n) is 21.9. The van der Waals surface area contributed by atoms with Gasteiger partial charge < -0.3 is 30.0 Å². The second-order valence-corrected chi connectivity index (χ2v) is 10.2. The van der Waals surface area contributed by atoms with Crippen molar-refractivity contribution in [2.75, 3.05) is 13.1 Å². The van der Waals surface area contributed by atoms with E-state index in [1.807, 2.05) is 6.07 Å². The van der Waals surface area contributed by atoms with E-state index >= 15 is 0 Å². The van der Waals surface area contributed by atoms with Crippen LogP contribution in [-0.2, 0) is 32.1 Å². The number of rotatable bonds is 10. The zero-order valence-corrected chi connectivity index (χ0v) is 22.7. The zero-order chi connectivity index (χ0) is 30.4. The van der Waals surface area contributed by atoms with E-state index in [9.17, 15) is 37.5 Å². The van der Waals surface area contributed by atoms with Crippen LogP contribution >= 0.6 is 11.3 Å². The van der Waals surface area contributed by atoms with Crippen LogP contribution in [0.2, 0.25) is 0 Å². The van der Waals surface area contributed by atoms with Gasteiger partial charge >= 0.3 is 18.1 Å². The van der Waals surface area contributed by atoms with E-state index in [4.69, 9.17) is 9.47 Å². The lowest BCUT2D eigenvalue weighted by Crippen LogP contribution is -2.39. The van der Waals surface area contributed by atoms with Crippen LogP contribution in [0.4, 0.5) is 13.2 Å². The number of phenolic OH excluding ortho intramolecular Hbond substituents is 1. The SMILES string of the molecule is CC(=O)C(Oc1cc(C(CNC(=O)c2cc3c(s2)CCNC3)Oc2cccnc2)ccc1O)C(=O)OC(=O)C(F)(F)F. The number of hydrogen-bond donors (Lipinski definition) is 3. The number of nitrogens with one attached hydrogen (secondary N) is 2. The summed E-state index contributed by atoms with van der Waals surface area (Å²) in [7, 11) is 0. The second-order valence-electron chi connectivity index (χ2n) is 9.03. The third kappa shape index (κ3) is 7.61. The Hall–Kier alpha value is -4.50. The number of hydrogen-bond acceptors (Lipinski definition) is 11. The molecule has 2 unspecified atom stereocenters. The number of esters is 2. The van der Waals surface area contributed by atoms with Crippen LogP contribution < -0.4 is 20.1 Å². The molecule has 0 fully saturated rings. The Morgan fingerprint density at radius 3 is 2.62 bits per heavy atom. The van der Waals surface area contributed by atoms with Crippen LogP contribution in [0.25, 0.3) is 0 Å². The van der Waals surface area contributed by atoms with Gasteiger partial charge in [0.15, 0.2) is 17.3 Å². The number of nitrogens with zero attached hydrogens (tertiary/aromatic N) is 1. The van der Waals surface area contributed by atoms with Gasteiger partial charge in [-0.3, -0.25) is 14.6 Å². The number of amides is 1. The summed E-state index contributed by atoms with van der Waals surface area (Å²) in [6.45, 7) is 2.23. The number of carbonyl (C=O) groups excluding carboxylic acids is 4. The summed E-state index contributed by atoms with van der Waals surface area (Å²) in [5.74, 6) is -6.94. The average Bonchev–Trinajstić information content (AvgIpc) is 3.39. The molecule has 0 saturated carbocycles. The summed E-state index contributed by atoms with van der Waals surface area (Å²) < 4.78 is 52.6. The van der Waals surface area contributed by atoms with Crippen molar-refractivity contribution in [2.24, 2.45) is 0 Å². The largest absolute Gasteiger partial charge is 0.504 e. The summed E-state index contributed by atoms with van der Waals surface area (Å²) in [5, 5.41) is 16.4. The molecular weight excluding hydrogens is 583 g/mol. The molecule has 0 spiro atoms. The lowest BCUT2D eigenvalue weighted by Gasteiger charge is -2.22. The van der Waals surface area contributed by atoms with E-state index < -0.39 is 47.6 Å². The average molecular weight is 608 g/mol. The van der Waals surface area contributed by atoms with E-state index in [0.29, 0.717) is 17.2 Å². The highest BCUT2D eigenvalue weighted by Crippen LogP contribution is 2.33.